The van der Waals surface area contributed by atoms with Crippen molar-refractivity contribution in [3.05, 3.63) is 74.8 Å². The second-order valence-electron chi connectivity index (χ2n) is 4.76. The smallest absolute Gasteiger partial charge is 0.258 e. The van der Waals surface area contributed by atoms with E-state index in [2.05, 4.69) is 15.3 Å². The van der Waals surface area contributed by atoms with Gasteiger partial charge in [-0.25, -0.2) is 9.49 Å². The van der Waals surface area contributed by atoms with Crippen LogP contribution in [0.4, 0.5) is 10.1 Å². The number of aromatic nitrogens is 3. The lowest BCUT2D eigenvalue weighted by atomic mass is 10.2. The van der Waals surface area contributed by atoms with Crippen LogP contribution >= 0.6 is 12.2 Å². The molecule has 0 spiro atoms. The summed E-state index contributed by atoms with van der Waals surface area (Å²) in [5.74, 6) is 0.0759. The van der Waals surface area contributed by atoms with E-state index in [1.165, 1.54) is 35.2 Å². The molecule has 0 amide bonds. The van der Waals surface area contributed by atoms with E-state index in [1.807, 2.05) is 0 Å². The van der Waals surface area contributed by atoms with Gasteiger partial charge in [0, 0.05) is 17.7 Å². The maximum atomic E-state index is 13.0. The molecule has 0 fully saturated rings. The first-order valence-electron chi connectivity index (χ1n) is 6.77. The highest BCUT2D eigenvalue weighted by atomic mass is 32.1. The van der Waals surface area contributed by atoms with Gasteiger partial charge in [-0.05, 0) is 54.2 Å². The van der Waals surface area contributed by atoms with E-state index in [0.29, 0.717) is 17.0 Å². The molecule has 0 unspecified atom stereocenters. The van der Waals surface area contributed by atoms with Gasteiger partial charge in [-0.2, -0.15) is 14.9 Å². The molecular formula is C15H10FN5O2S. The minimum atomic E-state index is -0.472. The third kappa shape index (κ3) is 3.25. The second-order valence-corrected chi connectivity index (χ2v) is 5.15. The lowest BCUT2D eigenvalue weighted by Crippen LogP contribution is -1.95. The monoisotopic (exact) mass is 343 g/mol. The van der Waals surface area contributed by atoms with E-state index in [1.54, 1.807) is 24.3 Å². The number of benzene rings is 2. The van der Waals surface area contributed by atoms with E-state index in [9.17, 15) is 14.5 Å². The van der Waals surface area contributed by atoms with Crippen LogP contribution in [0.15, 0.2) is 53.6 Å². The fraction of sp³-hybridized carbons (Fsp3) is 0. The highest BCUT2D eigenvalue weighted by molar-refractivity contribution is 7.71. The standard InChI is InChI=1S/C15H10FN5O2S/c16-12-5-3-11(4-6-12)14-18-19-15(24)20(14)17-9-10-1-7-13(8-2-10)21(22)23/h1-9H,(H,19,24). The summed E-state index contributed by atoms with van der Waals surface area (Å²) in [6.45, 7) is 0. The Bertz CT molecular complexity index is 961. The summed E-state index contributed by atoms with van der Waals surface area (Å²) in [7, 11) is 0. The Morgan fingerprint density at radius 1 is 1.21 bits per heavy atom. The summed E-state index contributed by atoms with van der Waals surface area (Å²) in [5, 5.41) is 21.6. The van der Waals surface area contributed by atoms with Crippen LogP contribution in [-0.4, -0.2) is 26.0 Å². The molecule has 24 heavy (non-hydrogen) atoms. The van der Waals surface area contributed by atoms with E-state index >= 15 is 0 Å². The van der Waals surface area contributed by atoms with Crippen molar-refractivity contribution in [2.75, 3.05) is 0 Å². The molecule has 7 nitrogen and oxygen atoms in total. The molecule has 0 bridgehead atoms. The van der Waals surface area contributed by atoms with Crippen LogP contribution in [0.5, 0.6) is 0 Å². The fourth-order valence-electron chi connectivity index (χ4n) is 1.99. The molecule has 0 atom stereocenters. The summed E-state index contributed by atoms with van der Waals surface area (Å²) in [6, 6.07) is 11.7. The van der Waals surface area contributed by atoms with E-state index < -0.39 is 4.92 Å². The summed E-state index contributed by atoms with van der Waals surface area (Å²) >= 11 is 5.14. The molecule has 0 saturated heterocycles. The third-order valence-corrected chi connectivity index (χ3v) is 3.44. The van der Waals surface area contributed by atoms with Crippen molar-refractivity contribution in [1.82, 2.24) is 14.9 Å². The highest BCUT2D eigenvalue weighted by Crippen LogP contribution is 2.18. The van der Waals surface area contributed by atoms with Crippen LogP contribution in [0.25, 0.3) is 11.4 Å². The number of aromatic amines is 1. The second kappa shape index (κ2) is 6.50. The number of hydrogen-bond acceptors (Lipinski definition) is 5. The Kier molecular flexibility index (Phi) is 4.25. The Hall–Kier alpha value is -3.20. The van der Waals surface area contributed by atoms with Gasteiger partial charge in [-0.1, -0.05) is 0 Å². The van der Waals surface area contributed by atoms with Crippen molar-refractivity contribution in [3.8, 4) is 11.4 Å². The quantitative estimate of drug-likeness (QED) is 0.340. The van der Waals surface area contributed by atoms with Gasteiger partial charge in [0.15, 0.2) is 5.82 Å². The van der Waals surface area contributed by atoms with Crippen LogP contribution in [0, 0.1) is 20.7 Å². The van der Waals surface area contributed by atoms with Gasteiger partial charge in [-0.3, -0.25) is 10.1 Å². The Morgan fingerprint density at radius 2 is 1.88 bits per heavy atom. The first-order valence-corrected chi connectivity index (χ1v) is 7.17. The predicted molar refractivity (Wildman–Crippen MR) is 88.9 cm³/mol. The number of nitrogens with one attached hydrogen (secondary N) is 1. The Morgan fingerprint density at radius 3 is 2.50 bits per heavy atom. The van der Waals surface area contributed by atoms with E-state index in [4.69, 9.17) is 12.2 Å². The first-order chi connectivity index (χ1) is 11.5. The van der Waals surface area contributed by atoms with Crippen molar-refractivity contribution >= 4 is 24.1 Å². The number of hydrogen-bond donors (Lipinski definition) is 1. The maximum absolute atomic E-state index is 13.0. The summed E-state index contributed by atoms with van der Waals surface area (Å²) in [6.07, 6.45) is 1.50. The molecule has 9 heteroatoms. The summed E-state index contributed by atoms with van der Waals surface area (Å²) in [5.41, 5.74) is 1.30. The largest absolute Gasteiger partial charge is 0.269 e. The number of halogens is 1. The van der Waals surface area contributed by atoms with Gasteiger partial charge in [-0.15, -0.1) is 0 Å². The fourth-order valence-corrected chi connectivity index (χ4v) is 2.17. The molecule has 1 aromatic heterocycles. The van der Waals surface area contributed by atoms with Crippen LogP contribution in [-0.2, 0) is 0 Å². The molecule has 0 aliphatic rings. The summed E-state index contributed by atoms with van der Waals surface area (Å²) in [4.78, 5) is 10.2. The molecule has 2 aromatic carbocycles. The minimum Gasteiger partial charge on any atom is -0.258 e. The van der Waals surface area contributed by atoms with E-state index in [-0.39, 0.29) is 16.3 Å². The lowest BCUT2D eigenvalue weighted by molar-refractivity contribution is -0.384. The number of nitrogens with zero attached hydrogens (tertiary/aromatic N) is 4. The van der Waals surface area contributed by atoms with Gasteiger partial charge in [0.05, 0.1) is 11.1 Å². The molecule has 0 saturated carbocycles. The maximum Gasteiger partial charge on any atom is 0.269 e. The van der Waals surface area contributed by atoms with Crippen LogP contribution in [0.1, 0.15) is 5.56 Å². The van der Waals surface area contributed by atoms with Crippen LogP contribution < -0.4 is 0 Å². The van der Waals surface area contributed by atoms with Gasteiger partial charge < -0.3 is 0 Å². The number of H-pyrrole nitrogens is 1. The molecule has 1 N–H and O–H groups in total. The zero-order valence-electron chi connectivity index (χ0n) is 12.1. The van der Waals surface area contributed by atoms with Gasteiger partial charge >= 0.3 is 0 Å². The highest BCUT2D eigenvalue weighted by Gasteiger charge is 2.08. The van der Waals surface area contributed by atoms with Crippen molar-refractivity contribution < 1.29 is 9.31 Å². The van der Waals surface area contributed by atoms with Crippen molar-refractivity contribution in [2.45, 2.75) is 0 Å². The zero-order valence-corrected chi connectivity index (χ0v) is 12.9. The van der Waals surface area contributed by atoms with Crippen molar-refractivity contribution in [2.24, 2.45) is 5.10 Å². The van der Waals surface area contributed by atoms with Crippen molar-refractivity contribution in [3.63, 3.8) is 0 Å². The van der Waals surface area contributed by atoms with Crippen LogP contribution in [0.2, 0.25) is 0 Å². The first kappa shape index (κ1) is 15.7. The number of rotatable bonds is 4. The molecule has 1 heterocycles. The van der Waals surface area contributed by atoms with Crippen molar-refractivity contribution in [1.29, 1.82) is 0 Å². The van der Waals surface area contributed by atoms with Gasteiger partial charge in [0.2, 0.25) is 4.77 Å². The summed E-state index contributed by atoms with van der Waals surface area (Å²) < 4.78 is 14.7. The molecule has 3 aromatic rings. The molecule has 0 aliphatic carbocycles. The lowest BCUT2D eigenvalue weighted by Gasteiger charge is -2.01. The predicted octanol–water partition coefficient (Wildman–Crippen LogP) is 3.54. The van der Waals surface area contributed by atoms with Gasteiger partial charge in [0.1, 0.15) is 5.82 Å². The van der Waals surface area contributed by atoms with E-state index in [0.717, 1.165) is 0 Å². The minimum absolute atomic E-state index is 0.000858. The molecule has 3 rings (SSSR count). The normalized spacial score (nSPS) is 11.0. The average molecular weight is 343 g/mol. The molecule has 0 aliphatic heterocycles. The van der Waals surface area contributed by atoms with Gasteiger partial charge in [0.25, 0.3) is 5.69 Å². The molecule has 0 radical (unpaired) electrons. The number of nitro benzene ring substituents is 1. The number of nitro groups is 1. The average Bonchev–Trinajstić information content (AvgIpc) is 2.95. The molecular weight excluding hydrogens is 333 g/mol. The Labute approximate surface area is 140 Å². The number of non-ortho nitro benzene ring substituents is 1. The topological polar surface area (TPSA) is 89.1 Å². The SMILES string of the molecule is O=[N+]([O-])c1ccc(C=Nn2c(-c3ccc(F)cc3)n[nH]c2=S)cc1. The molecule has 120 valence electrons. The third-order valence-electron chi connectivity index (χ3n) is 3.18. The Balaban J connectivity index is 1.92. The van der Waals surface area contributed by atoms with Crippen LogP contribution in [0.3, 0.4) is 0 Å². The zero-order chi connectivity index (χ0) is 17.1.